The third-order valence-electron chi connectivity index (χ3n) is 8.31. The van der Waals surface area contributed by atoms with Crippen LogP contribution in [-0.4, -0.2) is 41.5 Å². The molecular formula is C35H39ClN4O4S. The van der Waals surface area contributed by atoms with Crippen LogP contribution in [-0.2, 0) is 30.0 Å². The molecule has 2 heterocycles. The van der Waals surface area contributed by atoms with Gasteiger partial charge in [-0.2, -0.15) is 5.10 Å². The first-order chi connectivity index (χ1) is 21.2. The molecule has 5 aromatic rings. The average molecular weight is 647 g/mol. The van der Waals surface area contributed by atoms with Crippen molar-refractivity contribution >= 4 is 38.4 Å². The number of amides is 1. The van der Waals surface area contributed by atoms with Crippen LogP contribution in [0.3, 0.4) is 0 Å². The van der Waals surface area contributed by atoms with E-state index in [1.54, 1.807) is 18.2 Å². The highest BCUT2D eigenvalue weighted by atomic mass is 35.5. The molecule has 0 bridgehead atoms. The second-order valence-electron chi connectivity index (χ2n) is 11.7. The van der Waals surface area contributed by atoms with Crippen molar-refractivity contribution < 1.29 is 17.9 Å². The summed E-state index contributed by atoms with van der Waals surface area (Å²) in [5.74, 6) is 0.167. The quantitative estimate of drug-likeness (QED) is 0.165. The molecule has 0 aliphatic heterocycles. The van der Waals surface area contributed by atoms with E-state index in [2.05, 4.69) is 41.3 Å². The van der Waals surface area contributed by atoms with Crippen molar-refractivity contribution in [1.82, 2.24) is 19.1 Å². The van der Waals surface area contributed by atoms with E-state index >= 15 is 0 Å². The van der Waals surface area contributed by atoms with Crippen LogP contribution in [0.4, 0.5) is 0 Å². The number of ether oxygens (including phenoxy) is 1. The molecule has 0 spiro atoms. The smallest absolute Gasteiger partial charge is 0.264 e. The van der Waals surface area contributed by atoms with Crippen LogP contribution >= 0.6 is 11.6 Å². The van der Waals surface area contributed by atoms with Gasteiger partial charge >= 0.3 is 0 Å². The van der Waals surface area contributed by atoms with Gasteiger partial charge in [-0.1, -0.05) is 41.9 Å². The van der Waals surface area contributed by atoms with Gasteiger partial charge in [0.05, 0.1) is 24.1 Å². The molecule has 0 fully saturated rings. The van der Waals surface area contributed by atoms with Crippen molar-refractivity contribution in [2.24, 2.45) is 7.05 Å². The molecule has 0 unspecified atom stereocenters. The standard InChI is InChI=1S/C35H39ClN4O4S/c1-21-17-28(18-22(2)33(21)36)44-16-10-15-29-24(4)40(20-26-11-8-12-27(19-26)35(41)38-45(7,42)43)34-30(29)13-9-14-31(34)32-23(3)37-39(6)25(32)5/h8-9,11-14,17-19H,10,15-16,20H2,1-7H3,(H,38,41). The molecule has 1 amide bonds. The lowest BCUT2D eigenvalue weighted by Gasteiger charge is -2.14. The molecule has 1 N–H and O–H groups in total. The van der Waals surface area contributed by atoms with Gasteiger partial charge in [0.2, 0.25) is 10.0 Å². The number of aryl methyl sites for hydroxylation is 5. The van der Waals surface area contributed by atoms with Gasteiger partial charge in [-0.25, -0.2) is 13.1 Å². The maximum Gasteiger partial charge on any atom is 0.264 e. The molecule has 3 aromatic carbocycles. The number of nitrogens with one attached hydrogen (secondary N) is 1. The Morgan fingerprint density at radius 3 is 2.31 bits per heavy atom. The van der Waals surface area contributed by atoms with Gasteiger partial charge in [-0.15, -0.1) is 0 Å². The predicted octanol–water partition coefficient (Wildman–Crippen LogP) is 6.99. The second kappa shape index (κ2) is 12.7. The highest BCUT2D eigenvalue weighted by molar-refractivity contribution is 7.89. The highest BCUT2D eigenvalue weighted by Crippen LogP contribution is 2.38. The minimum atomic E-state index is -3.68. The third kappa shape index (κ3) is 6.79. The largest absolute Gasteiger partial charge is 0.494 e. The number of halogens is 1. The van der Waals surface area contributed by atoms with Crippen molar-refractivity contribution in [2.45, 2.75) is 54.0 Å². The van der Waals surface area contributed by atoms with Crippen molar-refractivity contribution in [3.05, 3.63) is 105 Å². The summed E-state index contributed by atoms with van der Waals surface area (Å²) in [7, 11) is -1.73. The van der Waals surface area contributed by atoms with E-state index in [-0.39, 0.29) is 5.56 Å². The minimum absolute atomic E-state index is 0.288. The van der Waals surface area contributed by atoms with E-state index < -0.39 is 15.9 Å². The molecule has 5 rings (SSSR count). The van der Waals surface area contributed by atoms with Crippen LogP contribution in [0.15, 0.2) is 54.6 Å². The van der Waals surface area contributed by atoms with Crippen LogP contribution in [0.1, 0.15) is 56.1 Å². The summed E-state index contributed by atoms with van der Waals surface area (Å²) >= 11 is 6.34. The summed E-state index contributed by atoms with van der Waals surface area (Å²) in [5.41, 5.74) is 10.9. The maximum atomic E-state index is 12.6. The summed E-state index contributed by atoms with van der Waals surface area (Å²) in [6.45, 7) is 11.3. The Hall–Kier alpha value is -4.08. The zero-order chi connectivity index (χ0) is 32.6. The average Bonchev–Trinajstić information content (AvgIpc) is 3.38. The normalized spacial score (nSPS) is 11.7. The topological polar surface area (TPSA) is 95.2 Å². The molecule has 0 aliphatic carbocycles. The Morgan fingerprint density at radius 2 is 1.67 bits per heavy atom. The molecule has 0 radical (unpaired) electrons. The van der Waals surface area contributed by atoms with E-state index in [0.29, 0.717) is 13.2 Å². The molecule has 0 saturated heterocycles. The van der Waals surface area contributed by atoms with E-state index in [4.69, 9.17) is 21.4 Å². The number of carbonyl (C=O) groups excluding carboxylic acids is 1. The maximum absolute atomic E-state index is 12.6. The summed E-state index contributed by atoms with van der Waals surface area (Å²) < 4.78 is 35.8. The molecule has 45 heavy (non-hydrogen) atoms. The van der Waals surface area contributed by atoms with Gasteiger partial charge in [-0.3, -0.25) is 9.48 Å². The van der Waals surface area contributed by atoms with Crippen molar-refractivity contribution in [1.29, 1.82) is 0 Å². The fourth-order valence-corrected chi connectivity index (χ4v) is 6.69. The van der Waals surface area contributed by atoms with Crippen LogP contribution in [0, 0.1) is 34.6 Å². The summed E-state index contributed by atoms with van der Waals surface area (Å²) in [6, 6.07) is 17.5. The fraction of sp³-hybridized carbons (Fsp3) is 0.314. The van der Waals surface area contributed by atoms with Gasteiger partial charge in [0, 0.05) is 52.1 Å². The van der Waals surface area contributed by atoms with Gasteiger partial charge in [-0.05, 0) is 94.0 Å². The summed E-state index contributed by atoms with van der Waals surface area (Å²) in [5, 5.41) is 6.62. The number of hydrogen-bond donors (Lipinski definition) is 1. The van der Waals surface area contributed by atoms with E-state index in [9.17, 15) is 13.2 Å². The van der Waals surface area contributed by atoms with Gasteiger partial charge < -0.3 is 9.30 Å². The molecule has 8 nitrogen and oxygen atoms in total. The first kappa shape index (κ1) is 32.3. The monoisotopic (exact) mass is 646 g/mol. The second-order valence-corrected chi connectivity index (χ2v) is 13.9. The van der Waals surface area contributed by atoms with Crippen LogP contribution in [0.5, 0.6) is 5.75 Å². The minimum Gasteiger partial charge on any atom is -0.494 e. The Morgan fingerprint density at radius 1 is 0.978 bits per heavy atom. The van der Waals surface area contributed by atoms with Crippen LogP contribution in [0.2, 0.25) is 5.02 Å². The molecule has 2 aromatic heterocycles. The van der Waals surface area contributed by atoms with Gasteiger partial charge in [0.15, 0.2) is 0 Å². The zero-order valence-corrected chi connectivity index (χ0v) is 28.4. The van der Waals surface area contributed by atoms with E-state index in [1.165, 1.54) is 5.56 Å². The fourth-order valence-electron chi connectivity index (χ4n) is 6.13. The number of rotatable bonds is 10. The number of fused-ring (bicyclic) bond motifs is 1. The highest BCUT2D eigenvalue weighted by Gasteiger charge is 2.22. The first-order valence-electron chi connectivity index (χ1n) is 14.9. The molecule has 0 saturated carbocycles. The number of aromatic nitrogens is 3. The molecular weight excluding hydrogens is 608 g/mol. The number of sulfonamides is 1. The molecule has 0 atom stereocenters. The Bertz CT molecular complexity index is 2020. The van der Waals surface area contributed by atoms with Gasteiger partial charge in [0.25, 0.3) is 5.91 Å². The van der Waals surface area contributed by atoms with Crippen molar-refractivity contribution in [3.8, 4) is 16.9 Å². The lowest BCUT2D eigenvalue weighted by atomic mass is 9.98. The number of carbonyl (C=O) groups is 1. The third-order valence-corrected chi connectivity index (χ3v) is 9.46. The lowest BCUT2D eigenvalue weighted by Crippen LogP contribution is -2.29. The number of nitrogens with zero attached hydrogens (tertiary/aromatic N) is 3. The Labute approximate surface area is 270 Å². The van der Waals surface area contributed by atoms with Crippen LogP contribution in [0.25, 0.3) is 22.0 Å². The Kier molecular flexibility index (Phi) is 9.14. The van der Waals surface area contributed by atoms with Crippen molar-refractivity contribution in [3.63, 3.8) is 0 Å². The van der Waals surface area contributed by atoms with Gasteiger partial charge in [0.1, 0.15) is 5.75 Å². The molecule has 236 valence electrons. The zero-order valence-electron chi connectivity index (χ0n) is 26.8. The first-order valence-corrected chi connectivity index (χ1v) is 17.1. The lowest BCUT2D eigenvalue weighted by molar-refractivity contribution is 0.0981. The summed E-state index contributed by atoms with van der Waals surface area (Å²) in [4.78, 5) is 12.6. The van der Waals surface area contributed by atoms with E-state index in [0.717, 1.165) is 85.7 Å². The van der Waals surface area contributed by atoms with Crippen molar-refractivity contribution in [2.75, 3.05) is 12.9 Å². The number of para-hydroxylation sites is 1. The number of benzene rings is 3. The summed E-state index contributed by atoms with van der Waals surface area (Å²) in [6.07, 6.45) is 2.60. The van der Waals surface area contributed by atoms with E-state index in [1.807, 2.05) is 50.7 Å². The number of hydrogen-bond acceptors (Lipinski definition) is 5. The molecule has 0 aliphatic rings. The molecule has 10 heteroatoms. The SMILES string of the molecule is Cc1cc(OCCCc2c(C)n(Cc3cccc(C(=O)NS(C)(=O)=O)c3)c3c(-c4c(C)nn(C)c4C)cccc23)cc(C)c1Cl. The predicted molar refractivity (Wildman–Crippen MR) is 181 cm³/mol. The Balaban J connectivity index is 1.53. The van der Waals surface area contributed by atoms with Crippen LogP contribution < -0.4 is 9.46 Å².